The Kier molecular flexibility index (Phi) is 3.84. The van der Waals surface area contributed by atoms with Crippen molar-refractivity contribution in [2.24, 2.45) is 5.92 Å². The molecule has 0 N–H and O–H groups in total. The van der Waals surface area contributed by atoms with Crippen LogP contribution in [0.5, 0.6) is 5.88 Å². The van der Waals surface area contributed by atoms with E-state index in [4.69, 9.17) is 10.00 Å². The molecule has 6 nitrogen and oxygen atoms in total. The smallest absolute Gasteiger partial charge is 0.213 e. The lowest BCUT2D eigenvalue weighted by Gasteiger charge is -2.19. The summed E-state index contributed by atoms with van der Waals surface area (Å²) in [5, 5.41) is 8.75. The number of hydrogen-bond acceptors (Lipinski definition) is 5. The normalized spacial score (nSPS) is 18.6. The second-order valence-electron chi connectivity index (χ2n) is 5.41. The maximum atomic E-state index is 8.75. The van der Waals surface area contributed by atoms with Crippen LogP contribution in [0.2, 0.25) is 0 Å². The Labute approximate surface area is 123 Å². The minimum absolute atomic E-state index is 0.378. The van der Waals surface area contributed by atoms with Gasteiger partial charge in [-0.1, -0.05) is 0 Å². The zero-order valence-corrected chi connectivity index (χ0v) is 11.9. The molecule has 21 heavy (non-hydrogen) atoms. The second-order valence-corrected chi connectivity index (χ2v) is 5.41. The van der Waals surface area contributed by atoms with Crippen LogP contribution < -0.4 is 4.74 Å². The number of fused-ring (bicyclic) bond motifs is 1. The van der Waals surface area contributed by atoms with E-state index in [0.717, 1.165) is 19.6 Å². The van der Waals surface area contributed by atoms with Crippen molar-refractivity contribution in [3.05, 3.63) is 42.1 Å². The Morgan fingerprint density at radius 3 is 3.05 bits per heavy atom. The van der Waals surface area contributed by atoms with Gasteiger partial charge in [-0.2, -0.15) is 5.26 Å². The highest BCUT2D eigenvalue weighted by molar-refractivity contribution is 5.28. The molecule has 0 radical (unpaired) electrons. The fraction of sp³-hybridized carbons (Fsp3) is 0.400. The van der Waals surface area contributed by atoms with Gasteiger partial charge in [0.25, 0.3) is 0 Å². The zero-order valence-electron chi connectivity index (χ0n) is 11.9. The van der Waals surface area contributed by atoms with Crippen LogP contribution in [-0.2, 0) is 13.1 Å². The summed E-state index contributed by atoms with van der Waals surface area (Å²) < 4.78 is 7.94. The number of rotatable bonds is 3. The molecule has 0 aromatic carbocycles. The van der Waals surface area contributed by atoms with Crippen LogP contribution >= 0.6 is 0 Å². The molecule has 0 saturated heterocycles. The summed E-state index contributed by atoms with van der Waals surface area (Å²) in [4.78, 5) is 10.6. The Hall–Kier alpha value is -2.39. The number of aromatic nitrogens is 3. The van der Waals surface area contributed by atoms with Gasteiger partial charge in [0.05, 0.1) is 24.2 Å². The van der Waals surface area contributed by atoms with Crippen molar-refractivity contribution in [3.8, 4) is 11.9 Å². The van der Waals surface area contributed by atoms with Gasteiger partial charge in [-0.3, -0.25) is 0 Å². The van der Waals surface area contributed by atoms with Crippen LogP contribution in [0.4, 0.5) is 0 Å². The number of imidazole rings is 1. The number of nitriles is 1. The van der Waals surface area contributed by atoms with Crippen molar-refractivity contribution >= 4 is 0 Å². The summed E-state index contributed by atoms with van der Waals surface area (Å²) in [5.41, 5.74) is 1.77. The van der Waals surface area contributed by atoms with Gasteiger partial charge in [0.15, 0.2) is 0 Å². The van der Waals surface area contributed by atoms with Gasteiger partial charge >= 0.3 is 0 Å². The Bertz CT molecular complexity index is 643. The maximum Gasteiger partial charge on any atom is 0.213 e. The fourth-order valence-corrected chi connectivity index (χ4v) is 2.60. The van der Waals surface area contributed by atoms with Gasteiger partial charge in [-0.15, -0.1) is 0 Å². The first kappa shape index (κ1) is 13.6. The highest BCUT2D eigenvalue weighted by Gasteiger charge is 2.20. The first-order valence-electron chi connectivity index (χ1n) is 6.91. The molecular formula is C15H17N5O. The summed E-state index contributed by atoms with van der Waals surface area (Å²) in [7, 11) is 2.11. The first-order chi connectivity index (χ1) is 10.2. The van der Waals surface area contributed by atoms with E-state index >= 15 is 0 Å². The van der Waals surface area contributed by atoms with Crippen LogP contribution in [-0.4, -0.2) is 39.6 Å². The molecule has 0 spiro atoms. The Balaban J connectivity index is 1.63. The molecule has 2 aromatic rings. The van der Waals surface area contributed by atoms with Crippen LogP contribution in [0.3, 0.4) is 0 Å². The molecule has 6 heteroatoms. The topological polar surface area (TPSA) is 67.0 Å². The third-order valence-electron chi connectivity index (χ3n) is 3.59. The first-order valence-corrected chi connectivity index (χ1v) is 6.91. The van der Waals surface area contributed by atoms with Gasteiger partial charge in [0, 0.05) is 44.0 Å². The van der Waals surface area contributed by atoms with Crippen LogP contribution in [0.25, 0.3) is 0 Å². The van der Waals surface area contributed by atoms with E-state index in [2.05, 4.69) is 26.5 Å². The maximum absolute atomic E-state index is 8.75. The van der Waals surface area contributed by atoms with Gasteiger partial charge in [0.1, 0.15) is 6.07 Å². The SMILES string of the molecule is CN1Cc2cncn2C[C@H](COc2ccc(C#N)cn2)C1. The Morgan fingerprint density at radius 2 is 2.29 bits per heavy atom. The summed E-state index contributed by atoms with van der Waals surface area (Å²) in [5.74, 6) is 0.939. The molecule has 3 rings (SSSR count). The second kappa shape index (κ2) is 5.94. The minimum atomic E-state index is 0.378. The molecule has 108 valence electrons. The van der Waals surface area contributed by atoms with E-state index in [1.165, 1.54) is 11.9 Å². The quantitative estimate of drug-likeness (QED) is 0.849. The molecule has 0 fully saturated rings. The highest BCUT2D eigenvalue weighted by atomic mass is 16.5. The number of nitrogens with zero attached hydrogens (tertiary/aromatic N) is 5. The van der Waals surface area contributed by atoms with Crippen molar-refractivity contribution in [3.63, 3.8) is 0 Å². The van der Waals surface area contributed by atoms with Gasteiger partial charge in [-0.25, -0.2) is 9.97 Å². The lowest BCUT2D eigenvalue weighted by Crippen LogP contribution is -2.28. The largest absolute Gasteiger partial charge is 0.477 e. The van der Waals surface area contributed by atoms with E-state index in [9.17, 15) is 0 Å². The summed E-state index contributed by atoms with van der Waals surface area (Å²) in [6.07, 6.45) is 5.33. The fourth-order valence-electron chi connectivity index (χ4n) is 2.60. The van der Waals surface area contributed by atoms with E-state index < -0.39 is 0 Å². The summed E-state index contributed by atoms with van der Waals surface area (Å²) in [6.45, 7) is 3.38. The Morgan fingerprint density at radius 1 is 1.38 bits per heavy atom. The number of hydrogen-bond donors (Lipinski definition) is 0. The van der Waals surface area contributed by atoms with E-state index in [1.54, 1.807) is 12.1 Å². The minimum Gasteiger partial charge on any atom is -0.477 e. The average molecular weight is 283 g/mol. The monoisotopic (exact) mass is 283 g/mol. The molecular weight excluding hydrogens is 266 g/mol. The van der Waals surface area contributed by atoms with Gasteiger partial charge < -0.3 is 14.2 Å². The van der Waals surface area contributed by atoms with Gasteiger partial charge in [-0.05, 0) is 13.1 Å². The predicted molar refractivity (Wildman–Crippen MR) is 76.5 cm³/mol. The van der Waals surface area contributed by atoms with E-state index in [1.807, 2.05) is 18.6 Å². The molecule has 3 heterocycles. The van der Waals surface area contributed by atoms with Crippen molar-refractivity contribution < 1.29 is 4.74 Å². The van der Waals surface area contributed by atoms with E-state index in [0.29, 0.717) is 24.0 Å². The molecule has 1 aliphatic heterocycles. The van der Waals surface area contributed by atoms with Gasteiger partial charge in [0.2, 0.25) is 5.88 Å². The molecule has 1 aliphatic rings. The number of ether oxygens (including phenoxy) is 1. The summed E-state index contributed by atoms with van der Waals surface area (Å²) in [6, 6.07) is 5.50. The van der Waals surface area contributed by atoms with Crippen molar-refractivity contribution in [1.82, 2.24) is 19.4 Å². The lowest BCUT2D eigenvalue weighted by molar-refractivity contribution is 0.186. The van der Waals surface area contributed by atoms with Crippen LogP contribution in [0, 0.1) is 17.2 Å². The molecule has 0 unspecified atom stereocenters. The van der Waals surface area contributed by atoms with Crippen LogP contribution in [0.15, 0.2) is 30.9 Å². The van der Waals surface area contributed by atoms with Crippen molar-refractivity contribution in [2.45, 2.75) is 13.1 Å². The highest BCUT2D eigenvalue weighted by Crippen LogP contribution is 2.16. The summed E-state index contributed by atoms with van der Waals surface area (Å²) >= 11 is 0. The van der Waals surface area contributed by atoms with Crippen LogP contribution in [0.1, 0.15) is 11.3 Å². The van der Waals surface area contributed by atoms with Crippen molar-refractivity contribution in [1.29, 1.82) is 5.26 Å². The molecule has 1 atom stereocenters. The zero-order chi connectivity index (χ0) is 14.7. The third kappa shape index (κ3) is 3.20. The standard InChI is InChI=1S/C15H17N5O/c1-19-7-13(8-20-11-17-6-14(20)9-19)10-21-15-3-2-12(4-16)5-18-15/h2-3,5-6,11,13H,7-10H2,1H3/t13-/m1/s1. The van der Waals surface area contributed by atoms with Crippen molar-refractivity contribution in [2.75, 3.05) is 20.2 Å². The third-order valence-corrected chi connectivity index (χ3v) is 3.59. The molecule has 0 saturated carbocycles. The predicted octanol–water partition coefficient (Wildman–Crippen LogP) is 1.29. The lowest BCUT2D eigenvalue weighted by atomic mass is 10.1. The average Bonchev–Trinajstić information content (AvgIpc) is 2.86. The molecule has 0 amide bonds. The number of pyridine rings is 1. The van der Waals surface area contributed by atoms with E-state index in [-0.39, 0.29) is 0 Å². The molecule has 2 aromatic heterocycles. The molecule has 0 bridgehead atoms. The molecule has 0 aliphatic carbocycles.